The van der Waals surface area contributed by atoms with Gasteiger partial charge in [0.25, 0.3) is 17.5 Å². The van der Waals surface area contributed by atoms with E-state index < -0.39 is 38.7 Å². The summed E-state index contributed by atoms with van der Waals surface area (Å²) in [7, 11) is -3.93. The monoisotopic (exact) mass is 458 g/mol. The van der Waals surface area contributed by atoms with Crippen LogP contribution in [0.5, 0.6) is 0 Å². The first-order valence-electron chi connectivity index (χ1n) is 9.64. The molecule has 1 aliphatic heterocycles. The smallest absolute Gasteiger partial charge is 0.269 e. The minimum absolute atomic E-state index is 0.162. The number of hydrogen-bond acceptors (Lipinski definition) is 7. The molecule has 166 valence electrons. The number of hydrogen-bond donors (Lipinski definition) is 1. The molecule has 12 heteroatoms. The van der Waals surface area contributed by atoms with E-state index in [-0.39, 0.29) is 34.3 Å². The van der Waals surface area contributed by atoms with E-state index in [9.17, 15) is 32.9 Å². The van der Waals surface area contributed by atoms with Crippen molar-refractivity contribution < 1.29 is 27.7 Å². The fourth-order valence-corrected chi connectivity index (χ4v) is 4.19. The number of carbonyl (C=O) groups excluding carboxylic acids is 3. The number of anilines is 1. The predicted octanol–water partition coefficient (Wildman–Crippen LogP) is 1.18. The Hall–Kier alpha value is -3.64. The molecule has 2 aromatic rings. The van der Waals surface area contributed by atoms with E-state index in [0.29, 0.717) is 12.8 Å². The number of sulfonamides is 1. The van der Waals surface area contributed by atoms with Crippen LogP contribution in [0.2, 0.25) is 0 Å². The molecule has 0 spiro atoms. The van der Waals surface area contributed by atoms with E-state index in [2.05, 4.69) is 0 Å². The van der Waals surface area contributed by atoms with E-state index in [1.54, 1.807) is 0 Å². The molecule has 1 saturated heterocycles. The number of rotatable bonds is 6. The summed E-state index contributed by atoms with van der Waals surface area (Å²) in [6.07, 6.45) is 1.14. The summed E-state index contributed by atoms with van der Waals surface area (Å²) in [5, 5.41) is 15.9. The number of benzene rings is 2. The minimum Gasteiger partial charge on any atom is -0.323 e. The molecule has 3 amide bonds. The van der Waals surface area contributed by atoms with Gasteiger partial charge in [-0.1, -0.05) is 0 Å². The van der Waals surface area contributed by atoms with Crippen molar-refractivity contribution in [3.63, 3.8) is 0 Å². The number of imide groups is 1. The number of amides is 3. The molecule has 1 unspecified atom stereocenters. The van der Waals surface area contributed by atoms with Gasteiger partial charge in [0.2, 0.25) is 15.9 Å². The summed E-state index contributed by atoms with van der Waals surface area (Å²) in [4.78, 5) is 51.3. The van der Waals surface area contributed by atoms with Crippen LogP contribution in [-0.4, -0.2) is 48.0 Å². The van der Waals surface area contributed by atoms with Crippen molar-refractivity contribution in [1.29, 1.82) is 0 Å². The first-order valence-corrected chi connectivity index (χ1v) is 11.2. The zero-order valence-corrected chi connectivity index (χ0v) is 17.4. The second-order valence-corrected chi connectivity index (χ2v) is 9.14. The molecule has 2 aromatic carbocycles. The van der Waals surface area contributed by atoms with Gasteiger partial charge >= 0.3 is 0 Å². The molecule has 2 aliphatic rings. The van der Waals surface area contributed by atoms with Gasteiger partial charge in [-0.15, -0.1) is 0 Å². The van der Waals surface area contributed by atoms with Crippen molar-refractivity contribution in [2.75, 3.05) is 4.90 Å². The number of carbonyl (C=O) groups is 3. The molecule has 1 heterocycles. The average Bonchev–Trinajstić information content (AvgIpc) is 3.53. The second kappa shape index (κ2) is 7.80. The molecule has 2 fully saturated rings. The van der Waals surface area contributed by atoms with Crippen LogP contribution >= 0.6 is 0 Å². The molecule has 11 nitrogen and oxygen atoms in total. The van der Waals surface area contributed by atoms with Crippen LogP contribution in [0, 0.1) is 10.1 Å². The van der Waals surface area contributed by atoms with Crippen molar-refractivity contribution in [2.45, 2.75) is 36.2 Å². The lowest BCUT2D eigenvalue weighted by molar-refractivity contribution is -0.384. The molecular formula is C20H18N4O7S. The lowest BCUT2D eigenvalue weighted by atomic mass is 10.1. The Morgan fingerprint density at radius 3 is 2.16 bits per heavy atom. The number of nitro benzene ring substituents is 1. The van der Waals surface area contributed by atoms with Crippen molar-refractivity contribution in [1.82, 2.24) is 4.90 Å². The van der Waals surface area contributed by atoms with Gasteiger partial charge in [-0.05, 0) is 49.2 Å². The van der Waals surface area contributed by atoms with Gasteiger partial charge in [0.05, 0.1) is 21.9 Å². The first kappa shape index (κ1) is 21.6. The van der Waals surface area contributed by atoms with Crippen LogP contribution in [0.3, 0.4) is 0 Å². The highest BCUT2D eigenvalue weighted by molar-refractivity contribution is 7.89. The quantitative estimate of drug-likeness (QED) is 0.386. The Labute approximate surface area is 182 Å². The van der Waals surface area contributed by atoms with Gasteiger partial charge in [0.1, 0.15) is 6.04 Å². The van der Waals surface area contributed by atoms with Gasteiger partial charge in [-0.3, -0.25) is 24.5 Å². The van der Waals surface area contributed by atoms with Gasteiger partial charge in [0.15, 0.2) is 0 Å². The van der Waals surface area contributed by atoms with E-state index in [0.717, 1.165) is 4.90 Å². The standard InChI is InChI=1S/C20H18N4O7S/c21-32(30,31)16-9-7-14(8-10-16)23-18(25)11-17(20(23)27)22(13-5-6-13)19(26)12-1-3-15(4-2-12)24(28)29/h1-4,7-10,13,17H,5-6,11H2,(H2,21,30,31). The summed E-state index contributed by atoms with van der Waals surface area (Å²) in [6, 6.07) is 8.83. The molecule has 1 aliphatic carbocycles. The molecule has 1 saturated carbocycles. The second-order valence-electron chi connectivity index (χ2n) is 7.57. The Kier molecular flexibility index (Phi) is 5.26. The van der Waals surface area contributed by atoms with Gasteiger partial charge in [0, 0.05) is 23.7 Å². The lowest BCUT2D eigenvalue weighted by Crippen LogP contribution is -2.46. The fraction of sp³-hybridized carbons (Fsp3) is 0.250. The summed E-state index contributed by atoms with van der Waals surface area (Å²) < 4.78 is 22.9. The molecular weight excluding hydrogens is 440 g/mol. The molecule has 0 radical (unpaired) electrons. The molecule has 1 atom stereocenters. The van der Waals surface area contributed by atoms with Crippen LogP contribution in [0.4, 0.5) is 11.4 Å². The van der Waals surface area contributed by atoms with Gasteiger partial charge < -0.3 is 4.90 Å². The lowest BCUT2D eigenvalue weighted by Gasteiger charge is -2.27. The van der Waals surface area contributed by atoms with Crippen molar-refractivity contribution >= 4 is 39.1 Å². The molecule has 2 N–H and O–H groups in total. The highest BCUT2D eigenvalue weighted by atomic mass is 32.2. The Morgan fingerprint density at radius 2 is 1.66 bits per heavy atom. The van der Waals surface area contributed by atoms with Crippen LogP contribution in [0.15, 0.2) is 53.4 Å². The summed E-state index contributed by atoms with van der Waals surface area (Å²) in [6.45, 7) is 0. The number of primary sulfonamides is 1. The summed E-state index contributed by atoms with van der Waals surface area (Å²) in [5.41, 5.74) is 0.188. The van der Waals surface area contributed by atoms with Crippen molar-refractivity contribution in [3.8, 4) is 0 Å². The number of nitro groups is 1. The third-order valence-corrected chi connectivity index (χ3v) is 6.31. The van der Waals surface area contributed by atoms with E-state index in [4.69, 9.17) is 5.14 Å². The first-order chi connectivity index (χ1) is 15.1. The molecule has 0 aromatic heterocycles. The maximum Gasteiger partial charge on any atom is 0.269 e. The van der Waals surface area contributed by atoms with Crippen LogP contribution in [0.25, 0.3) is 0 Å². The maximum atomic E-state index is 13.1. The third-order valence-electron chi connectivity index (χ3n) is 5.38. The van der Waals surface area contributed by atoms with Crippen LogP contribution < -0.4 is 10.0 Å². The fourth-order valence-electron chi connectivity index (χ4n) is 3.68. The van der Waals surface area contributed by atoms with E-state index >= 15 is 0 Å². The van der Waals surface area contributed by atoms with Crippen molar-refractivity contribution in [3.05, 3.63) is 64.2 Å². The van der Waals surface area contributed by atoms with Gasteiger partial charge in [-0.25, -0.2) is 18.5 Å². The van der Waals surface area contributed by atoms with E-state index in [1.807, 2.05) is 0 Å². The SMILES string of the molecule is NS(=O)(=O)c1ccc(N2C(=O)CC(N(C(=O)c3ccc([N+](=O)[O-])cc3)C3CC3)C2=O)cc1. The Morgan fingerprint density at radius 1 is 1.06 bits per heavy atom. The van der Waals surface area contributed by atoms with Gasteiger partial charge in [-0.2, -0.15) is 0 Å². The number of nitrogens with zero attached hydrogens (tertiary/aromatic N) is 3. The third kappa shape index (κ3) is 3.97. The highest BCUT2D eigenvalue weighted by Gasteiger charge is 2.49. The Bertz CT molecular complexity index is 1220. The topological polar surface area (TPSA) is 161 Å². The van der Waals surface area contributed by atoms with E-state index in [1.165, 1.54) is 53.4 Å². The Balaban J connectivity index is 1.60. The zero-order valence-electron chi connectivity index (χ0n) is 16.6. The molecule has 32 heavy (non-hydrogen) atoms. The minimum atomic E-state index is -3.93. The number of non-ortho nitro benzene ring substituents is 1. The largest absolute Gasteiger partial charge is 0.323 e. The summed E-state index contributed by atoms with van der Waals surface area (Å²) in [5.74, 6) is -1.61. The molecule has 0 bridgehead atoms. The number of nitrogens with two attached hydrogens (primary N) is 1. The highest BCUT2D eigenvalue weighted by Crippen LogP contribution is 2.35. The normalized spacial score (nSPS) is 18.7. The summed E-state index contributed by atoms with van der Waals surface area (Å²) >= 11 is 0. The average molecular weight is 458 g/mol. The van der Waals surface area contributed by atoms with Crippen molar-refractivity contribution in [2.24, 2.45) is 5.14 Å². The van der Waals surface area contributed by atoms with Crippen LogP contribution in [-0.2, 0) is 19.6 Å². The van der Waals surface area contributed by atoms with Crippen LogP contribution in [0.1, 0.15) is 29.6 Å². The predicted molar refractivity (Wildman–Crippen MR) is 111 cm³/mol. The molecule has 4 rings (SSSR count). The maximum absolute atomic E-state index is 13.1. The zero-order chi connectivity index (χ0) is 23.2.